The Morgan fingerprint density at radius 3 is 2.71 bits per heavy atom. The van der Waals surface area contributed by atoms with Crippen LogP contribution in [-0.4, -0.2) is 43.7 Å². The Hall–Kier alpha value is -2.47. The van der Waals surface area contributed by atoms with Crippen LogP contribution in [0.15, 0.2) is 36.5 Å². The maximum atomic E-state index is 14.8. The molecule has 2 aliphatic heterocycles. The van der Waals surface area contributed by atoms with Crippen molar-refractivity contribution in [3.8, 4) is 0 Å². The number of halogens is 1. The molecule has 0 radical (unpaired) electrons. The second kappa shape index (κ2) is 6.85. The average molecular weight is 381 g/mol. The molecule has 1 saturated heterocycles. The van der Waals surface area contributed by atoms with Gasteiger partial charge in [-0.25, -0.2) is 4.39 Å². The number of hydrogen-bond acceptors (Lipinski definition) is 4. The lowest BCUT2D eigenvalue weighted by Crippen LogP contribution is -2.37. The first-order chi connectivity index (χ1) is 13.7. The fraction of sp³-hybridized carbons (Fsp3) is 0.455. The number of aromatic nitrogens is 1. The van der Waals surface area contributed by atoms with Gasteiger partial charge in [0.05, 0.1) is 18.9 Å². The van der Waals surface area contributed by atoms with Gasteiger partial charge in [-0.05, 0) is 37.1 Å². The number of morpholine rings is 1. The number of carbonyl (C=O) groups is 1. The number of nitrogens with zero attached hydrogens (tertiary/aromatic N) is 3. The molecule has 2 fully saturated rings. The van der Waals surface area contributed by atoms with E-state index in [-0.39, 0.29) is 17.1 Å². The van der Waals surface area contributed by atoms with Gasteiger partial charge in [0.15, 0.2) is 0 Å². The highest BCUT2D eigenvalue weighted by Crippen LogP contribution is 2.51. The lowest BCUT2D eigenvalue weighted by molar-refractivity contribution is 0.0980. The number of ether oxygens (including phenoxy) is 1. The summed E-state index contributed by atoms with van der Waals surface area (Å²) in [7, 11) is 0. The molecular weight excluding hydrogens is 357 g/mol. The van der Waals surface area contributed by atoms with E-state index in [4.69, 9.17) is 4.74 Å². The molecule has 5 nitrogen and oxygen atoms in total. The van der Waals surface area contributed by atoms with Gasteiger partial charge >= 0.3 is 0 Å². The second-order valence-electron chi connectivity index (χ2n) is 8.01. The summed E-state index contributed by atoms with van der Waals surface area (Å²) < 4.78 is 20.2. The number of hydrogen-bond donors (Lipinski definition) is 0. The molecule has 1 amide bonds. The SMILES string of the molecule is O=C(c1cc(N2CCOCC2)ccn1)N1CC2(CCCC2)c2c(F)cccc21. The number of rotatable bonds is 2. The Kier molecular flexibility index (Phi) is 4.31. The lowest BCUT2D eigenvalue weighted by Gasteiger charge is -2.29. The molecule has 1 aromatic carbocycles. The molecule has 146 valence electrons. The third-order valence-electron chi connectivity index (χ3n) is 6.42. The van der Waals surface area contributed by atoms with Crippen molar-refractivity contribution in [1.82, 2.24) is 4.98 Å². The topological polar surface area (TPSA) is 45.7 Å². The molecule has 0 atom stereocenters. The van der Waals surface area contributed by atoms with Gasteiger partial charge in [0.25, 0.3) is 5.91 Å². The first-order valence-electron chi connectivity index (χ1n) is 10.1. The van der Waals surface area contributed by atoms with E-state index < -0.39 is 0 Å². The van der Waals surface area contributed by atoms with Gasteiger partial charge in [-0.2, -0.15) is 0 Å². The van der Waals surface area contributed by atoms with E-state index in [1.165, 1.54) is 6.07 Å². The van der Waals surface area contributed by atoms with E-state index in [2.05, 4.69) is 9.88 Å². The fourth-order valence-corrected chi connectivity index (χ4v) is 5.06. The number of amides is 1. The van der Waals surface area contributed by atoms with Gasteiger partial charge in [0.1, 0.15) is 11.5 Å². The van der Waals surface area contributed by atoms with Gasteiger partial charge < -0.3 is 14.5 Å². The molecular formula is C22H24FN3O2. The zero-order valence-corrected chi connectivity index (χ0v) is 15.9. The predicted molar refractivity (Wildman–Crippen MR) is 105 cm³/mol. The molecule has 1 aliphatic carbocycles. The Labute approximate surface area is 164 Å². The van der Waals surface area contributed by atoms with Crippen LogP contribution in [0.5, 0.6) is 0 Å². The highest BCUT2D eigenvalue weighted by Gasteiger charge is 2.48. The maximum Gasteiger partial charge on any atom is 0.276 e. The fourth-order valence-electron chi connectivity index (χ4n) is 5.06. The highest BCUT2D eigenvalue weighted by molar-refractivity contribution is 6.07. The van der Waals surface area contributed by atoms with E-state index >= 15 is 0 Å². The van der Waals surface area contributed by atoms with E-state index in [9.17, 15) is 9.18 Å². The molecule has 6 heteroatoms. The Balaban J connectivity index is 1.49. The molecule has 5 rings (SSSR count). The summed E-state index contributed by atoms with van der Waals surface area (Å²) in [6, 6.07) is 8.86. The van der Waals surface area contributed by atoms with Gasteiger partial charge in [-0.3, -0.25) is 9.78 Å². The van der Waals surface area contributed by atoms with Gasteiger partial charge in [-0.15, -0.1) is 0 Å². The molecule has 1 spiro atoms. The van der Waals surface area contributed by atoms with Crippen molar-refractivity contribution in [3.05, 3.63) is 53.6 Å². The van der Waals surface area contributed by atoms with Crippen LogP contribution >= 0.6 is 0 Å². The maximum absolute atomic E-state index is 14.8. The number of carbonyl (C=O) groups excluding carboxylic acids is 1. The smallest absolute Gasteiger partial charge is 0.276 e. The van der Waals surface area contributed by atoms with Gasteiger partial charge in [0.2, 0.25) is 0 Å². The summed E-state index contributed by atoms with van der Waals surface area (Å²) in [5.41, 5.74) is 2.60. The highest BCUT2D eigenvalue weighted by atomic mass is 19.1. The van der Waals surface area contributed by atoms with Crippen molar-refractivity contribution in [2.45, 2.75) is 31.1 Å². The summed E-state index contributed by atoms with van der Waals surface area (Å²) in [6.45, 7) is 3.53. The summed E-state index contributed by atoms with van der Waals surface area (Å²) in [4.78, 5) is 21.7. The van der Waals surface area contributed by atoms with Crippen LogP contribution in [0.25, 0.3) is 0 Å². The molecule has 3 heterocycles. The zero-order chi connectivity index (χ0) is 19.1. The summed E-state index contributed by atoms with van der Waals surface area (Å²) in [5.74, 6) is -0.338. The summed E-state index contributed by atoms with van der Waals surface area (Å²) >= 11 is 0. The van der Waals surface area contributed by atoms with Crippen LogP contribution in [0.4, 0.5) is 15.8 Å². The number of benzene rings is 1. The van der Waals surface area contributed by atoms with Crippen LogP contribution in [0, 0.1) is 5.82 Å². The first kappa shape index (κ1) is 17.6. The molecule has 0 bridgehead atoms. The minimum absolute atomic E-state index is 0.147. The number of anilines is 2. The third-order valence-corrected chi connectivity index (χ3v) is 6.42. The summed E-state index contributed by atoms with van der Waals surface area (Å²) in [6.07, 6.45) is 5.73. The minimum Gasteiger partial charge on any atom is -0.378 e. The minimum atomic E-state index is -0.238. The molecule has 0 N–H and O–H groups in total. The standard InChI is InChI=1S/C22H24FN3O2/c23-17-4-3-5-19-20(17)22(7-1-2-8-22)15-26(19)21(27)18-14-16(6-9-24-18)25-10-12-28-13-11-25/h3-6,9,14H,1-2,7-8,10-13,15H2. The van der Waals surface area contributed by atoms with Crippen molar-refractivity contribution in [1.29, 1.82) is 0 Å². The predicted octanol–water partition coefficient (Wildman–Crippen LogP) is 3.53. The molecule has 1 saturated carbocycles. The van der Waals surface area contributed by atoms with Crippen molar-refractivity contribution in [2.24, 2.45) is 0 Å². The number of fused-ring (bicyclic) bond motifs is 2. The second-order valence-corrected chi connectivity index (χ2v) is 8.01. The van der Waals surface area contributed by atoms with E-state index in [0.717, 1.165) is 50.0 Å². The molecule has 0 unspecified atom stereocenters. The monoisotopic (exact) mass is 381 g/mol. The Morgan fingerprint density at radius 2 is 1.93 bits per heavy atom. The van der Waals surface area contributed by atoms with Crippen molar-refractivity contribution in [3.63, 3.8) is 0 Å². The summed E-state index contributed by atoms with van der Waals surface area (Å²) in [5, 5.41) is 0. The van der Waals surface area contributed by atoms with Crippen LogP contribution in [0.1, 0.15) is 41.7 Å². The molecule has 3 aliphatic rings. The Bertz CT molecular complexity index is 904. The largest absolute Gasteiger partial charge is 0.378 e. The first-order valence-corrected chi connectivity index (χ1v) is 10.1. The van der Waals surface area contributed by atoms with E-state index in [1.807, 2.05) is 18.2 Å². The van der Waals surface area contributed by atoms with E-state index in [1.54, 1.807) is 17.2 Å². The number of pyridine rings is 1. The van der Waals surface area contributed by atoms with Crippen LogP contribution < -0.4 is 9.80 Å². The van der Waals surface area contributed by atoms with Crippen LogP contribution in [0.3, 0.4) is 0 Å². The molecule has 2 aromatic rings. The quantitative estimate of drug-likeness (QED) is 0.798. The van der Waals surface area contributed by atoms with Gasteiger partial charge in [-0.1, -0.05) is 18.9 Å². The van der Waals surface area contributed by atoms with Gasteiger partial charge in [0, 0.05) is 42.5 Å². The average Bonchev–Trinajstić information content (AvgIpc) is 3.34. The third kappa shape index (κ3) is 2.78. The van der Waals surface area contributed by atoms with E-state index in [0.29, 0.717) is 31.1 Å². The van der Waals surface area contributed by atoms with Crippen LogP contribution in [-0.2, 0) is 10.2 Å². The lowest BCUT2D eigenvalue weighted by atomic mass is 9.80. The van der Waals surface area contributed by atoms with Crippen LogP contribution in [0.2, 0.25) is 0 Å². The molecule has 28 heavy (non-hydrogen) atoms. The van der Waals surface area contributed by atoms with Crippen molar-refractivity contribution < 1.29 is 13.9 Å². The molecule has 1 aromatic heterocycles. The van der Waals surface area contributed by atoms with Crippen molar-refractivity contribution >= 4 is 17.3 Å². The van der Waals surface area contributed by atoms with Crippen molar-refractivity contribution in [2.75, 3.05) is 42.6 Å². The normalized spacial score (nSPS) is 20.6. The zero-order valence-electron chi connectivity index (χ0n) is 15.9. The Morgan fingerprint density at radius 1 is 1.14 bits per heavy atom.